The fourth-order valence-corrected chi connectivity index (χ4v) is 6.05. The van der Waals surface area contributed by atoms with E-state index in [4.69, 9.17) is 9.47 Å². The summed E-state index contributed by atoms with van der Waals surface area (Å²) >= 11 is 2.96. The summed E-state index contributed by atoms with van der Waals surface area (Å²) in [7, 11) is 1.64. The van der Waals surface area contributed by atoms with E-state index in [-0.39, 0.29) is 12.0 Å². The molecule has 12 heteroatoms. The number of nitrogens with zero attached hydrogens (tertiary/aromatic N) is 6. The average Bonchev–Trinajstić information content (AvgIpc) is 3.64. The Hall–Kier alpha value is -3.90. The van der Waals surface area contributed by atoms with E-state index >= 15 is 0 Å². The molecule has 1 aliphatic heterocycles. The smallest absolute Gasteiger partial charge is 0.409 e. The van der Waals surface area contributed by atoms with Gasteiger partial charge >= 0.3 is 6.09 Å². The zero-order valence-electron chi connectivity index (χ0n) is 22.6. The van der Waals surface area contributed by atoms with Gasteiger partial charge < -0.3 is 19.3 Å². The molecule has 1 aliphatic rings. The highest BCUT2D eigenvalue weighted by Crippen LogP contribution is 2.32. The van der Waals surface area contributed by atoms with E-state index in [1.807, 2.05) is 41.0 Å². The van der Waals surface area contributed by atoms with Crippen molar-refractivity contribution in [1.29, 1.82) is 0 Å². The quantitative estimate of drug-likeness (QED) is 0.272. The minimum atomic E-state index is -0.337. The second kappa shape index (κ2) is 12.5. The second-order valence-electron chi connectivity index (χ2n) is 9.10. The van der Waals surface area contributed by atoms with Crippen LogP contribution in [0.15, 0.2) is 59.1 Å². The molecule has 2 amide bonds. The standard InChI is InChI=1S/C28H30N6O4S2/c1-4-38-28(36)33-14-12-32(13-15-33)26(35)23-17-39-24(29-23)18-40-27-31-30-25(20-6-5-7-22(16-20)37-3)34(27)21-10-8-19(2)9-11-21/h5-11,16-17H,4,12-15,18H2,1-3H3. The molecule has 0 bridgehead atoms. The predicted octanol–water partition coefficient (Wildman–Crippen LogP) is 4.91. The number of amides is 2. The summed E-state index contributed by atoms with van der Waals surface area (Å²) in [4.78, 5) is 33.0. The van der Waals surface area contributed by atoms with Crippen molar-refractivity contribution >= 4 is 35.1 Å². The van der Waals surface area contributed by atoms with Crippen molar-refractivity contribution in [3.8, 4) is 22.8 Å². The lowest BCUT2D eigenvalue weighted by Gasteiger charge is -2.33. The first-order valence-electron chi connectivity index (χ1n) is 12.9. The van der Waals surface area contributed by atoms with E-state index in [1.165, 1.54) is 23.1 Å². The molecule has 1 saturated heterocycles. The van der Waals surface area contributed by atoms with Gasteiger partial charge in [0.15, 0.2) is 11.0 Å². The molecule has 0 spiro atoms. The van der Waals surface area contributed by atoms with Crippen LogP contribution in [0.3, 0.4) is 0 Å². The molecule has 4 aromatic rings. The Morgan fingerprint density at radius 2 is 1.77 bits per heavy atom. The van der Waals surface area contributed by atoms with Gasteiger partial charge in [-0.25, -0.2) is 9.78 Å². The molecule has 40 heavy (non-hydrogen) atoms. The van der Waals surface area contributed by atoms with Gasteiger partial charge in [0.2, 0.25) is 0 Å². The second-order valence-corrected chi connectivity index (χ2v) is 11.0. The molecule has 1 fully saturated rings. The molecule has 0 unspecified atom stereocenters. The number of aryl methyl sites for hydroxylation is 1. The minimum Gasteiger partial charge on any atom is -0.497 e. The van der Waals surface area contributed by atoms with Gasteiger partial charge in [0, 0.05) is 42.8 Å². The Kier molecular flexibility index (Phi) is 8.66. The first kappa shape index (κ1) is 27.7. The molecular weight excluding hydrogens is 548 g/mol. The summed E-state index contributed by atoms with van der Waals surface area (Å²) < 4.78 is 12.5. The van der Waals surface area contributed by atoms with Gasteiger partial charge in [0.05, 0.1) is 19.5 Å². The van der Waals surface area contributed by atoms with E-state index in [9.17, 15) is 9.59 Å². The highest BCUT2D eigenvalue weighted by Gasteiger charge is 2.27. The maximum absolute atomic E-state index is 13.1. The van der Waals surface area contributed by atoms with E-state index < -0.39 is 0 Å². The van der Waals surface area contributed by atoms with Crippen molar-refractivity contribution in [1.82, 2.24) is 29.5 Å². The van der Waals surface area contributed by atoms with Gasteiger partial charge in [0.1, 0.15) is 16.5 Å². The molecule has 208 valence electrons. The number of thioether (sulfide) groups is 1. The summed E-state index contributed by atoms with van der Waals surface area (Å²) in [6.45, 7) is 5.96. The van der Waals surface area contributed by atoms with E-state index in [0.29, 0.717) is 50.1 Å². The third-order valence-electron chi connectivity index (χ3n) is 6.44. The molecular formula is C28H30N6O4S2. The molecule has 3 heterocycles. The van der Waals surface area contributed by atoms with Crippen molar-refractivity contribution < 1.29 is 19.1 Å². The Morgan fingerprint density at radius 3 is 2.50 bits per heavy atom. The number of benzene rings is 2. The molecule has 0 radical (unpaired) electrons. The number of carbonyl (C=O) groups is 2. The fourth-order valence-electron chi connectivity index (χ4n) is 4.31. The van der Waals surface area contributed by atoms with Gasteiger partial charge in [-0.3, -0.25) is 9.36 Å². The number of carbonyl (C=O) groups excluding carboxylic acids is 2. The van der Waals surface area contributed by atoms with Crippen LogP contribution in [0.4, 0.5) is 4.79 Å². The molecule has 0 N–H and O–H groups in total. The minimum absolute atomic E-state index is 0.126. The molecule has 2 aromatic carbocycles. The molecule has 0 saturated carbocycles. The molecule has 2 aromatic heterocycles. The van der Waals surface area contributed by atoms with Gasteiger partial charge in [0.25, 0.3) is 5.91 Å². The summed E-state index contributed by atoms with van der Waals surface area (Å²) in [5.41, 5.74) is 3.43. The van der Waals surface area contributed by atoms with Crippen LogP contribution in [0.5, 0.6) is 5.75 Å². The summed E-state index contributed by atoms with van der Waals surface area (Å²) in [6.07, 6.45) is -0.337. The predicted molar refractivity (Wildman–Crippen MR) is 154 cm³/mol. The lowest BCUT2D eigenvalue weighted by atomic mass is 10.2. The first-order valence-corrected chi connectivity index (χ1v) is 14.8. The van der Waals surface area contributed by atoms with Crippen LogP contribution in [-0.2, 0) is 10.5 Å². The largest absolute Gasteiger partial charge is 0.497 e. The van der Waals surface area contributed by atoms with Crippen LogP contribution < -0.4 is 4.74 Å². The highest BCUT2D eigenvalue weighted by molar-refractivity contribution is 7.98. The van der Waals surface area contributed by atoms with Crippen LogP contribution in [0.2, 0.25) is 0 Å². The summed E-state index contributed by atoms with van der Waals surface area (Å²) in [5.74, 6) is 1.87. The fraction of sp³-hybridized carbons (Fsp3) is 0.321. The SMILES string of the molecule is CCOC(=O)N1CCN(C(=O)c2csc(CSc3nnc(-c4cccc(OC)c4)n3-c3ccc(C)cc3)n2)CC1. The maximum atomic E-state index is 13.1. The lowest BCUT2D eigenvalue weighted by Crippen LogP contribution is -2.50. The molecule has 10 nitrogen and oxygen atoms in total. The van der Waals surface area contributed by atoms with Gasteiger partial charge in [-0.1, -0.05) is 41.6 Å². The number of thiazole rings is 1. The third kappa shape index (κ3) is 6.13. The number of piperazine rings is 1. The average molecular weight is 579 g/mol. The normalized spacial score (nSPS) is 13.4. The zero-order valence-corrected chi connectivity index (χ0v) is 24.2. The van der Waals surface area contributed by atoms with Crippen LogP contribution in [0.1, 0.15) is 28.0 Å². The van der Waals surface area contributed by atoms with Crippen molar-refractivity contribution in [2.24, 2.45) is 0 Å². The summed E-state index contributed by atoms with van der Waals surface area (Å²) in [6, 6.07) is 16.0. The third-order valence-corrected chi connectivity index (χ3v) is 8.41. The van der Waals surface area contributed by atoms with Crippen LogP contribution in [0.25, 0.3) is 17.1 Å². The van der Waals surface area contributed by atoms with Crippen molar-refractivity contribution in [3.05, 3.63) is 70.2 Å². The maximum Gasteiger partial charge on any atom is 0.409 e. The number of hydrogen-bond acceptors (Lipinski definition) is 9. The zero-order chi connectivity index (χ0) is 28.1. The molecule has 0 aliphatic carbocycles. The van der Waals surface area contributed by atoms with E-state index in [2.05, 4.69) is 34.2 Å². The Bertz CT molecular complexity index is 1480. The monoisotopic (exact) mass is 578 g/mol. The van der Waals surface area contributed by atoms with E-state index in [0.717, 1.165) is 32.7 Å². The van der Waals surface area contributed by atoms with E-state index in [1.54, 1.807) is 29.2 Å². The number of aromatic nitrogens is 4. The Balaban J connectivity index is 1.30. The Labute approximate surface area is 240 Å². The number of rotatable bonds is 8. The number of methoxy groups -OCH3 is 1. The molecule has 0 atom stereocenters. The van der Waals surface area contributed by atoms with Crippen LogP contribution in [-0.4, -0.2) is 81.4 Å². The Morgan fingerprint density at radius 1 is 1.02 bits per heavy atom. The number of hydrogen-bond donors (Lipinski definition) is 0. The summed E-state index contributed by atoms with van der Waals surface area (Å²) in [5, 5.41) is 12.4. The molecule has 5 rings (SSSR count). The van der Waals surface area contributed by atoms with Crippen molar-refractivity contribution in [2.45, 2.75) is 24.8 Å². The van der Waals surface area contributed by atoms with Crippen molar-refractivity contribution in [3.63, 3.8) is 0 Å². The highest BCUT2D eigenvalue weighted by atomic mass is 32.2. The van der Waals surface area contributed by atoms with Gasteiger partial charge in [-0.2, -0.15) is 0 Å². The van der Waals surface area contributed by atoms with Gasteiger partial charge in [-0.05, 0) is 38.1 Å². The number of ether oxygens (including phenoxy) is 2. The van der Waals surface area contributed by atoms with Crippen LogP contribution >= 0.6 is 23.1 Å². The van der Waals surface area contributed by atoms with Crippen LogP contribution in [0, 0.1) is 6.92 Å². The van der Waals surface area contributed by atoms with Crippen molar-refractivity contribution in [2.75, 3.05) is 39.9 Å². The topological polar surface area (TPSA) is 103 Å². The first-order chi connectivity index (χ1) is 19.5. The van der Waals surface area contributed by atoms with Gasteiger partial charge in [-0.15, -0.1) is 21.5 Å². The lowest BCUT2D eigenvalue weighted by molar-refractivity contribution is 0.0566.